The molecule has 0 spiro atoms. The molecule has 0 saturated carbocycles. The lowest BCUT2D eigenvalue weighted by Gasteiger charge is -2.09. The number of halogens is 2. The predicted octanol–water partition coefficient (Wildman–Crippen LogP) is 4.49. The number of aromatic nitrogens is 1. The third-order valence-electron chi connectivity index (χ3n) is 4.21. The third-order valence-corrected chi connectivity index (χ3v) is 4.70. The van der Waals surface area contributed by atoms with E-state index in [9.17, 15) is 9.59 Å². The number of hydrogen-bond acceptors (Lipinski definition) is 3. The Morgan fingerprint density at radius 3 is 2.38 bits per heavy atom. The summed E-state index contributed by atoms with van der Waals surface area (Å²) >= 11 is 11.9. The van der Waals surface area contributed by atoms with Crippen LogP contribution in [0.25, 0.3) is 5.69 Å². The molecule has 0 atom stereocenters. The zero-order valence-electron chi connectivity index (χ0n) is 15.7. The van der Waals surface area contributed by atoms with Crippen molar-refractivity contribution in [2.45, 2.75) is 13.8 Å². The van der Waals surface area contributed by atoms with Gasteiger partial charge < -0.3 is 9.88 Å². The Morgan fingerprint density at radius 1 is 0.966 bits per heavy atom. The summed E-state index contributed by atoms with van der Waals surface area (Å²) in [7, 11) is 0. The average molecular weight is 429 g/mol. The highest BCUT2D eigenvalue weighted by molar-refractivity contribution is 6.39. The molecule has 2 aromatic carbocycles. The van der Waals surface area contributed by atoms with Crippen molar-refractivity contribution in [1.29, 1.82) is 0 Å². The SMILES string of the molecule is Cc1cc(/C=N\NC(=O)C(=O)Nc2ccc(Cl)cc2)c(C)n1-c1cccc(Cl)c1. The van der Waals surface area contributed by atoms with E-state index in [0.29, 0.717) is 15.7 Å². The minimum atomic E-state index is -0.875. The molecular formula is C21H18Cl2N4O2. The smallest absolute Gasteiger partial charge is 0.318 e. The first kappa shape index (κ1) is 20.6. The van der Waals surface area contributed by atoms with E-state index in [0.717, 1.165) is 22.6 Å². The van der Waals surface area contributed by atoms with Crippen LogP contribution in [0.15, 0.2) is 59.7 Å². The molecule has 2 N–H and O–H groups in total. The summed E-state index contributed by atoms with van der Waals surface area (Å²) in [6.45, 7) is 3.90. The fourth-order valence-corrected chi connectivity index (χ4v) is 3.17. The molecule has 0 aliphatic heterocycles. The second-order valence-corrected chi connectivity index (χ2v) is 7.17. The molecule has 6 nitrogen and oxygen atoms in total. The van der Waals surface area contributed by atoms with Crippen LogP contribution in [-0.2, 0) is 9.59 Å². The van der Waals surface area contributed by atoms with E-state index in [1.54, 1.807) is 24.3 Å². The molecule has 1 heterocycles. The highest BCUT2D eigenvalue weighted by Gasteiger charge is 2.13. The van der Waals surface area contributed by atoms with E-state index in [-0.39, 0.29) is 0 Å². The monoisotopic (exact) mass is 428 g/mol. The van der Waals surface area contributed by atoms with E-state index in [4.69, 9.17) is 23.2 Å². The van der Waals surface area contributed by atoms with E-state index in [1.807, 2.05) is 48.7 Å². The van der Waals surface area contributed by atoms with Gasteiger partial charge in [-0.15, -0.1) is 0 Å². The van der Waals surface area contributed by atoms with Crippen molar-refractivity contribution in [3.05, 3.63) is 81.6 Å². The van der Waals surface area contributed by atoms with Crippen LogP contribution >= 0.6 is 23.2 Å². The Labute approximate surface area is 178 Å². The van der Waals surface area contributed by atoms with Gasteiger partial charge in [0, 0.05) is 38.4 Å². The summed E-state index contributed by atoms with van der Waals surface area (Å²) in [6.07, 6.45) is 1.50. The lowest BCUT2D eigenvalue weighted by atomic mass is 10.2. The number of hydrazone groups is 1. The van der Waals surface area contributed by atoms with Crippen molar-refractivity contribution in [2.75, 3.05) is 5.32 Å². The van der Waals surface area contributed by atoms with Gasteiger partial charge in [0.15, 0.2) is 0 Å². The number of anilines is 1. The normalized spacial score (nSPS) is 10.9. The summed E-state index contributed by atoms with van der Waals surface area (Å²) in [5.74, 6) is -1.70. The number of amides is 2. The molecule has 29 heavy (non-hydrogen) atoms. The molecule has 0 aliphatic rings. The summed E-state index contributed by atoms with van der Waals surface area (Å²) < 4.78 is 2.03. The predicted molar refractivity (Wildman–Crippen MR) is 116 cm³/mol. The Kier molecular flexibility index (Phi) is 6.36. The first-order valence-electron chi connectivity index (χ1n) is 8.70. The number of rotatable bonds is 4. The molecule has 3 aromatic rings. The van der Waals surface area contributed by atoms with Gasteiger partial charge >= 0.3 is 11.8 Å². The number of nitrogens with one attached hydrogen (secondary N) is 2. The van der Waals surface area contributed by atoms with Crippen LogP contribution in [0.5, 0.6) is 0 Å². The first-order chi connectivity index (χ1) is 13.8. The molecule has 148 valence electrons. The Bertz CT molecular complexity index is 1090. The molecule has 0 unspecified atom stereocenters. The number of hydrogen-bond donors (Lipinski definition) is 2. The van der Waals surface area contributed by atoms with Gasteiger partial charge in [-0.25, -0.2) is 5.43 Å². The van der Waals surface area contributed by atoms with Gasteiger partial charge in [-0.05, 0) is 62.4 Å². The second-order valence-electron chi connectivity index (χ2n) is 6.30. The van der Waals surface area contributed by atoms with E-state index in [1.165, 1.54) is 6.21 Å². The highest BCUT2D eigenvalue weighted by atomic mass is 35.5. The summed E-state index contributed by atoms with van der Waals surface area (Å²) in [5, 5.41) is 7.55. The molecule has 2 amide bonds. The van der Waals surface area contributed by atoms with Gasteiger partial charge in [0.2, 0.25) is 0 Å². The summed E-state index contributed by atoms with van der Waals surface area (Å²) in [4.78, 5) is 23.9. The van der Waals surface area contributed by atoms with Gasteiger partial charge in [0.25, 0.3) is 0 Å². The molecule has 1 aromatic heterocycles. The summed E-state index contributed by atoms with van der Waals surface area (Å²) in [6, 6.07) is 15.9. The van der Waals surface area contributed by atoms with Crippen molar-refractivity contribution in [1.82, 2.24) is 9.99 Å². The zero-order chi connectivity index (χ0) is 21.0. The van der Waals surface area contributed by atoms with Crippen molar-refractivity contribution in [3.63, 3.8) is 0 Å². The molecule has 3 rings (SSSR count). The minimum absolute atomic E-state index is 0.462. The number of benzene rings is 2. The standard InChI is InChI=1S/C21H18Cl2N4O2/c1-13-10-15(14(2)27(13)19-5-3-4-17(23)11-19)12-24-26-21(29)20(28)25-18-8-6-16(22)7-9-18/h3-12H,1-2H3,(H,25,28)(H,26,29)/b24-12-. The lowest BCUT2D eigenvalue weighted by Crippen LogP contribution is -2.32. The number of carbonyl (C=O) groups is 2. The molecule has 0 fully saturated rings. The van der Waals surface area contributed by atoms with E-state index >= 15 is 0 Å². The maximum Gasteiger partial charge on any atom is 0.329 e. The Balaban J connectivity index is 1.67. The molecule has 8 heteroatoms. The largest absolute Gasteiger partial charge is 0.329 e. The van der Waals surface area contributed by atoms with Crippen molar-refractivity contribution in [2.24, 2.45) is 5.10 Å². The summed E-state index contributed by atoms with van der Waals surface area (Å²) in [5.41, 5.74) is 6.34. The second kappa shape index (κ2) is 8.94. The quantitative estimate of drug-likeness (QED) is 0.364. The van der Waals surface area contributed by atoms with Crippen LogP contribution in [0.1, 0.15) is 17.0 Å². The zero-order valence-corrected chi connectivity index (χ0v) is 17.3. The van der Waals surface area contributed by atoms with Crippen LogP contribution in [0.2, 0.25) is 10.0 Å². The minimum Gasteiger partial charge on any atom is -0.318 e. The average Bonchev–Trinajstić information content (AvgIpc) is 2.97. The Morgan fingerprint density at radius 2 is 1.69 bits per heavy atom. The van der Waals surface area contributed by atoms with Gasteiger partial charge in [0.05, 0.1) is 6.21 Å². The van der Waals surface area contributed by atoms with Gasteiger partial charge in [-0.3, -0.25) is 9.59 Å². The maximum atomic E-state index is 11.9. The van der Waals surface area contributed by atoms with Crippen LogP contribution < -0.4 is 10.7 Å². The fourth-order valence-electron chi connectivity index (χ4n) is 2.86. The molecule has 0 radical (unpaired) electrons. The van der Waals surface area contributed by atoms with Crippen molar-refractivity contribution < 1.29 is 9.59 Å². The molecule has 0 saturated heterocycles. The third kappa shape index (κ3) is 5.04. The van der Waals surface area contributed by atoms with Gasteiger partial charge in [0.1, 0.15) is 0 Å². The van der Waals surface area contributed by atoms with Gasteiger partial charge in [-0.2, -0.15) is 5.10 Å². The number of aryl methyl sites for hydroxylation is 1. The van der Waals surface area contributed by atoms with Crippen LogP contribution in [0.4, 0.5) is 5.69 Å². The topological polar surface area (TPSA) is 75.5 Å². The fraction of sp³-hybridized carbons (Fsp3) is 0.0952. The van der Waals surface area contributed by atoms with Crippen molar-refractivity contribution >= 4 is 46.9 Å². The molecular weight excluding hydrogens is 411 g/mol. The lowest BCUT2D eigenvalue weighted by molar-refractivity contribution is -0.136. The van der Waals surface area contributed by atoms with Crippen LogP contribution in [0, 0.1) is 13.8 Å². The number of carbonyl (C=O) groups excluding carboxylic acids is 2. The van der Waals surface area contributed by atoms with E-state index < -0.39 is 11.8 Å². The number of nitrogens with zero attached hydrogens (tertiary/aromatic N) is 2. The molecule has 0 bridgehead atoms. The Hall–Kier alpha value is -3.09. The van der Waals surface area contributed by atoms with Crippen LogP contribution in [0.3, 0.4) is 0 Å². The first-order valence-corrected chi connectivity index (χ1v) is 9.45. The van der Waals surface area contributed by atoms with Gasteiger partial charge in [-0.1, -0.05) is 29.3 Å². The van der Waals surface area contributed by atoms with E-state index in [2.05, 4.69) is 15.8 Å². The van der Waals surface area contributed by atoms with Crippen molar-refractivity contribution in [3.8, 4) is 5.69 Å². The molecule has 0 aliphatic carbocycles. The maximum absolute atomic E-state index is 11.9. The van der Waals surface area contributed by atoms with Crippen LogP contribution in [-0.4, -0.2) is 22.6 Å². The highest BCUT2D eigenvalue weighted by Crippen LogP contribution is 2.22.